The first-order valence-corrected chi connectivity index (χ1v) is 8.62. The van der Waals surface area contributed by atoms with Crippen LogP contribution in [-0.4, -0.2) is 52.3 Å². The average molecular weight is 341 g/mol. The van der Waals surface area contributed by atoms with E-state index in [-0.39, 0.29) is 29.3 Å². The fraction of sp³-hybridized carbons (Fsp3) is 0.765. The minimum absolute atomic E-state index is 0.0531. The normalized spacial score (nSPS) is 27.2. The molecule has 0 amide bonds. The van der Waals surface area contributed by atoms with Crippen molar-refractivity contribution in [3.05, 3.63) is 18.1 Å². The summed E-state index contributed by atoms with van der Waals surface area (Å²) in [6.07, 6.45) is 4.51. The second-order valence-electron chi connectivity index (χ2n) is 6.93. The molecule has 0 aliphatic carbocycles. The van der Waals surface area contributed by atoms with Gasteiger partial charge in [-0.3, -0.25) is 4.90 Å². The lowest BCUT2D eigenvalue weighted by atomic mass is 9.95. The van der Waals surface area contributed by atoms with E-state index in [0.29, 0.717) is 6.61 Å². The molecule has 0 saturated carbocycles. The number of rotatable bonds is 7. The zero-order valence-electron chi connectivity index (χ0n) is 14.3. The topological polar surface area (TPSA) is 47.5 Å². The molecule has 2 atom stereocenters. The number of ether oxygens (including phenoxy) is 2. The molecule has 2 aliphatic rings. The van der Waals surface area contributed by atoms with Gasteiger partial charge in [-0.15, -0.1) is 0 Å². The van der Waals surface area contributed by atoms with Gasteiger partial charge < -0.3 is 9.47 Å². The van der Waals surface area contributed by atoms with E-state index in [1.54, 1.807) is 0 Å². The number of hydrogen-bond acceptors (Lipinski definition) is 5. The maximum absolute atomic E-state index is 13.0. The predicted molar refractivity (Wildman–Crippen MR) is 85.3 cm³/mol. The van der Waals surface area contributed by atoms with Gasteiger partial charge >= 0.3 is 0 Å². The average Bonchev–Trinajstić information content (AvgIpc) is 3.10. The molecule has 0 aromatic carbocycles. The maximum atomic E-state index is 13.0. The molecule has 0 unspecified atom stereocenters. The minimum Gasteiger partial charge on any atom is -0.475 e. The maximum Gasteiger partial charge on any atom is 0.285 e. The van der Waals surface area contributed by atoms with E-state index in [1.165, 1.54) is 12.4 Å². The van der Waals surface area contributed by atoms with Crippen molar-refractivity contribution in [2.75, 3.05) is 19.8 Å². The van der Waals surface area contributed by atoms with E-state index in [9.17, 15) is 8.78 Å². The van der Waals surface area contributed by atoms with Crippen molar-refractivity contribution in [2.24, 2.45) is 0 Å². The van der Waals surface area contributed by atoms with Crippen LogP contribution in [0.5, 0.6) is 5.88 Å². The first-order valence-electron chi connectivity index (χ1n) is 8.62. The molecule has 0 N–H and O–H groups in total. The Balaban J connectivity index is 1.63. The Hall–Kier alpha value is -1.34. The van der Waals surface area contributed by atoms with Crippen molar-refractivity contribution < 1.29 is 18.3 Å². The number of halogens is 2. The fourth-order valence-corrected chi connectivity index (χ4v) is 3.88. The van der Waals surface area contributed by atoms with E-state index < -0.39 is 6.43 Å². The molecule has 3 heterocycles. The van der Waals surface area contributed by atoms with Gasteiger partial charge in [0.1, 0.15) is 6.61 Å². The van der Waals surface area contributed by atoms with Gasteiger partial charge in [0, 0.05) is 24.0 Å². The minimum atomic E-state index is -2.68. The molecule has 1 aromatic rings. The number of hydrogen-bond donors (Lipinski definition) is 0. The quantitative estimate of drug-likeness (QED) is 0.762. The summed E-state index contributed by atoms with van der Waals surface area (Å²) >= 11 is 0. The van der Waals surface area contributed by atoms with Crippen molar-refractivity contribution in [3.8, 4) is 5.88 Å². The third-order valence-electron chi connectivity index (χ3n) is 5.03. The van der Waals surface area contributed by atoms with Crippen LogP contribution in [0.2, 0.25) is 0 Å². The molecule has 2 fully saturated rings. The first kappa shape index (κ1) is 17.5. The number of alkyl halides is 2. The first-order chi connectivity index (χ1) is 11.5. The van der Waals surface area contributed by atoms with Crippen LogP contribution >= 0.6 is 0 Å². The summed E-state index contributed by atoms with van der Waals surface area (Å²) in [4.78, 5) is 10.0. The van der Waals surface area contributed by atoms with E-state index in [2.05, 4.69) is 14.9 Å². The molecular formula is C17H25F2N3O2. The lowest BCUT2D eigenvalue weighted by molar-refractivity contribution is -0.00929. The molecule has 0 spiro atoms. The molecule has 3 rings (SSSR count). The van der Waals surface area contributed by atoms with Crippen LogP contribution in [0.25, 0.3) is 0 Å². The lowest BCUT2D eigenvalue weighted by Crippen LogP contribution is -2.47. The summed E-state index contributed by atoms with van der Waals surface area (Å²) < 4.78 is 37.5. The van der Waals surface area contributed by atoms with Gasteiger partial charge in [0.05, 0.1) is 12.7 Å². The lowest BCUT2D eigenvalue weighted by Gasteiger charge is -2.35. The van der Waals surface area contributed by atoms with Gasteiger partial charge in [-0.25, -0.2) is 18.7 Å². The Kier molecular flexibility index (Phi) is 5.30. The summed E-state index contributed by atoms with van der Waals surface area (Å²) in [6, 6.07) is 0.218. The highest BCUT2D eigenvalue weighted by Crippen LogP contribution is 2.43. The number of aromatic nitrogens is 2. The fourth-order valence-electron chi connectivity index (χ4n) is 3.88. The third kappa shape index (κ3) is 3.52. The van der Waals surface area contributed by atoms with Gasteiger partial charge in [-0.1, -0.05) is 0 Å². The van der Waals surface area contributed by atoms with Crippen LogP contribution in [-0.2, 0) is 4.74 Å². The van der Waals surface area contributed by atoms with Crippen LogP contribution in [0, 0.1) is 0 Å². The van der Waals surface area contributed by atoms with E-state index in [4.69, 9.17) is 9.47 Å². The molecule has 24 heavy (non-hydrogen) atoms. The Bertz CT molecular complexity index is 558. The summed E-state index contributed by atoms with van der Waals surface area (Å²) in [6.45, 7) is 6.20. The Morgan fingerprint density at radius 1 is 1.29 bits per heavy atom. The van der Waals surface area contributed by atoms with Crippen LogP contribution in [0.3, 0.4) is 0 Å². The summed E-state index contributed by atoms with van der Waals surface area (Å²) in [7, 11) is 0. The van der Waals surface area contributed by atoms with Crippen molar-refractivity contribution in [3.63, 3.8) is 0 Å². The standard InChI is InChI=1S/C17H25F2N3O2/c1-12(2)24-11-17-5-3-9-22(17)13(4-6-17)10-23-16-14(15(18)19)20-7-8-21-16/h7-8,12-13,15H,3-6,9-11H2,1-2H3/t13-,17-/m0/s1. The largest absolute Gasteiger partial charge is 0.475 e. The monoisotopic (exact) mass is 341 g/mol. The van der Waals surface area contributed by atoms with Crippen LogP contribution in [0.1, 0.15) is 51.7 Å². The molecule has 7 heteroatoms. The molecule has 1 aromatic heterocycles. The Morgan fingerprint density at radius 3 is 2.83 bits per heavy atom. The van der Waals surface area contributed by atoms with Crippen molar-refractivity contribution in [2.45, 2.75) is 63.6 Å². The molecule has 134 valence electrons. The van der Waals surface area contributed by atoms with Crippen LogP contribution in [0.15, 0.2) is 12.4 Å². The highest BCUT2D eigenvalue weighted by atomic mass is 19.3. The molecule has 0 bridgehead atoms. The van der Waals surface area contributed by atoms with E-state index in [0.717, 1.165) is 38.8 Å². The van der Waals surface area contributed by atoms with E-state index in [1.807, 2.05) is 13.8 Å². The Labute approximate surface area is 141 Å². The van der Waals surface area contributed by atoms with Crippen molar-refractivity contribution in [1.82, 2.24) is 14.9 Å². The van der Waals surface area contributed by atoms with Crippen LogP contribution < -0.4 is 4.74 Å². The molecule has 2 aliphatic heterocycles. The SMILES string of the molecule is CC(C)OC[C@@]12CCCN1[C@H](COc1nccnc1C(F)F)CC2. The van der Waals surface area contributed by atoms with Gasteiger partial charge in [0.2, 0.25) is 5.88 Å². The van der Waals surface area contributed by atoms with Crippen molar-refractivity contribution in [1.29, 1.82) is 0 Å². The summed E-state index contributed by atoms with van der Waals surface area (Å²) in [5.74, 6) is -0.0531. The summed E-state index contributed by atoms with van der Waals surface area (Å²) in [5, 5.41) is 0. The zero-order chi connectivity index (χ0) is 17.2. The predicted octanol–water partition coefficient (Wildman–Crippen LogP) is 3.22. The van der Waals surface area contributed by atoms with Crippen LogP contribution in [0.4, 0.5) is 8.78 Å². The number of fused-ring (bicyclic) bond motifs is 1. The van der Waals surface area contributed by atoms with Gasteiger partial charge in [0.25, 0.3) is 6.43 Å². The van der Waals surface area contributed by atoms with Gasteiger partial charge in [0.15, 0.2) is 5.69 Å². The molecule has 0 radical (unpaired) electrons. The summed E-state index contributed by atoms with van der Waals surface area (Å²) in [5.41, 5.74) is -0.294. The third-order valence-corrected chi connectivity index (χ3v) is 5.03. The molecule has 2 saturated heterocycles. The van der Waals surface area contributed by atoms with Gasteiger partial charge in [-0.05, 0) is 46.1 Å². The van der Waals surface area contributed by atoms with Crippen molar-refractivity contribution >= 4 is 0 Å². The molecule has 5 nitrogen and oxygen atoms in total. The highest BCUT2D eigenvalue weighted by molar-refractivity contribution is 5.18. The van der Waals surface area contributed by atoms with Gasteiger partial charge in [-0.2, -0.15) is 0 Å². The highest BCUT2D eigenvalue weighted by Gasteiger charge is 2.49. The van der Waals surface area contributed by atoms with E-state index >= 15 is 0 Å². The second-order valence-corrected chi connectivity index (χ2v) is 6.93. The zero-order valence-corrected chi connectivity index (χ0v) is 14.3. The number of nitrogens with zero attached hydrogens (tertiary/aromatic N) is 3. The molecular weight excluding hydrogens is 316 g/mol. The second kappa shape index (κ2) is 7.27. The Morgan fingerprint density at radius 2 is 2.08 bits per heavy atom. The smallest absolute Gasteiger partial charge is 0.285 e.